The number of nitrogens with zero attached hydrogens (tertiary/aromatic N) is 2. The van der Waals surface area contributed by atoms with E-state index < -0.39 is 11.6 Å². The highest BCUT2D eigenvalue weighted by atomic mass is 19.2. The van der Waals surface area contributed by atoms with E-state index in [1.807, 2.05) is 13.1 Å². The van der Waals surface area contributed by atoms with Gasteiger partial charge in [-0.3, -0.25) is 4.68 Å². The van der Waals surface area contributed by atoms with Gasteiger partial charge in [0.1, 0.15) is 0 Å². The van der Waals surface area contributed by atoms with Crippen molar-refractivity contribution < 1.29 is 8.78 Å². The van der Waals surface area contributed by atoms with Crippen LogP contribution in [0, 0.1) is 11.6 Å². The summed E-state index contributed by atoms with van der Waals surface area (Å²) in [5, 5.41) is 7.06. The van der Waals surface area contributed by atoms with E-state index in [0.717, 1.165) is 11.8 Å². The van der Waals surface area contributed by atoms with Gasteiger partial charge in [0.05, 0.1) is 5.69 Å². The van der Waals surface area contributed by atoms with Crippen molar-refractivity contribution in [3.05, 3.63) is 53.4 Å². The van der Waals surface area contributed by atoms with Crippen LogP contribution in [0.5, 0.6) is 0 Å². The van der Waals surface area contributed by atoms with Gasteiger partial charge in [-0.25, -0.2) is 8.78 Å². The molecular formula is C12H13F2N3. The quantitative estimate of drug-likeness (QED) is 0.881. The number of rotatable bonds is 4. The summed E-state index contributed by atoms with van der Waals surface area (Å²) in [5.74, 6) is -1.60. The van der Waals surface area contributed by atoms with Gasteiger partial charge in [-0.1, -0.05) is 12.1 Å². The van der Waals surface area contributed by atoms with Crippen LogP contribution in [0.15, 0.2) is 30.5 Å². The van der Waals surface area contributed by atoms with E-state index in [2.05, 4.69) is 10.4 Å². The van der Waals surface area contributed by atoms with Crippen LogP contribution in [-0.4, -0.2) is 9.78 Å². The summed E-state index contributed by atoms with van der Waals surface area (Å²) in [5.41, 5.74) is 1.31. The summed E-state index contributed by atoms with van der Waals surface area (Å²) in [7, 11) is 1.83. The van der Waals surface area contributed by atoms with Gasteiger partial charge < -0.3 is 5.32 Å². The van der Waals surface area contributed by atoms with Gasteiger partial charge >= 0.3 is 0 Å². The Bertz CT molecular complexity index is 508. The molecule has 17 heavy (non-hydrogen) atoms. The van der Waals surface area contributed by atoms with Crippen LogP contribution >= 0.6 is 0 Å². The molecule has 0 atom stereocenters. The van der Waals surface area contributed by atoms with Gasteiger partial charge in [0.25, 0.3) is 0 Å². The first-order chi connectivity index (χ1) is 8.18. The first kappa shape index (κ1) is 11.7. The van der Waals surface area contributed by atoms with E-state index in [1.54, 1.807) is 16.9 Å². The Labute approximate surface area is 98.1 Å². The first-order valence-electron chi connectivity index (χ1n) is 5.29. The monoisotopic (exact) mass is 237 g/mol. The second-order valence-electron chi connectivity index (χ2n) is 3.76. The maximum Gasteiger partial charge on any atom is 0.163 e. The summed E-state index contributed by atoms with van der Waals surface area (Å²) in [6.45, 7) is 0.848. The molecule has 1 aromatic carbocycles. The Hall–Kier alpha value is -1.75. The molecule has 0 radical (unpaired) electrons. The smallest absolute Gasteiger partial charge is 0.163 e. The number of aromatic nitrogens is 2. The van der Waals surface area contributed by atoms with E-state index in [-0.39, 0.29) is 6.54 Å². The molecule has 1 N–H and O–H groups in total. The number of benzene rings is 1. The zero-order valence-corrected chi connectivity index (χ0v) is 9.45. The molecule has 0 aliphatic carbocycles. The topological polar surface area (TPSA) is 29.9 Å². The van der Waals surface area contributed by atoms with Crippen molar-refractivity contribution in [2.45, 2.75) is 13.1 Å². The molecule has 3 nitrogen and oxygen atoms in total. The molecule has 1 heterocycles. The van der Waals surface area contributed by atoms with Crippen LogP contribution < -0.4 is 5.32 Å². The molecule has 0 fully saturated rings. The van der Waals surface area contributed by atoms with Gasteiger partial charge in [0.15, 0.2) is 11.6 Å². The number of hydrogen-bond acceptors (Lipinski definition) is 2. The molecule has 0 unspecified atom stereocenters. The van der Waals surface area contributed by atoms with E-state index in [4.69, 9.17) is 0 Å². The van der Waals surface area contributed by atoms with Crippen molar-refractivity contribution in [2.24, 2.45) is 7.05 Å². The molecular weight excluding hydrogens is 224 g/mol. The van der Waals surface area contributed by atoms with Crippen molar-refractivity contribution in [1.29, 1.82) is 0 Å². The predicted molar refractivity (Wildman–Crippen MR) is 60.1 cm³/mol. The zero-order chi connectivity index (χ0) is 12.3. The zero-order valence-electron chi connectivity index (χ0n) is 9.45. The maximum atomic E-state index is 13.3. The van der Waals surface area contributed by atoms with Gasteiger partial charge in [-0.15, -0.1) is 0 Å². The third-order valence-corrected chi connectivity index (χ3v) is 2.58. The number of nitrogens with one attached hydrogen (secondary N) is 1. The maximum absolute atomic E-state index is 13.3. The van der Waals surface area contributed by atoms with E-state index in [9.17, 15) is 8.78 Å². The number of halogens is 2. The Balaban J connectivity index is 1.95. The highest BCUT2D eigenvalue weighted by Crippen LogP contribution is 2.11. The number of aryl methyl sites for hydroxylation is 1. The molecule has 0 saturated heterocycles. The predicted octanol–water partition coefficient (Wildman–Crippen LogP) is 1.99. The standard InChI is InChI=1S/C12H13F2N3/c1-17-10(5-6-16-17)8-15-7-9-3-2-4-11(13)12(9)14/h2-6,15H,7-8H2,1H3. The minimum absolute atomic E-state index is 0.286. The summed E-state index contributed by atoms with van der Waals surface area (Å²) in [6, 6.07) is 6.04. The molecule has 0 spiro atoms. The third-order valence-electron chi connectivity index (χ3n) is 2.58. The van der Waals surface area contributed by atoms with Crippen molar-refractivity contribution in [2.75, 3.05) is 0 Å². The van der Waals surface area contributed by atoms with Crippen molar-refractivity contribution in [1.82, 2.24) is 15.1 Å². The second-order valence-corrected chi connectivity index (χ2v) is 3.76. The summed E-state index contributed by atoms with van der Waals surface area (Å²) in [4.78, 5) is 0. The summed E-state index contributed by atoms with van der Waals surface area (Å²) in [6.07, 6.45) is 1.69. The van der Waals surface area contributed by atoms with E-state index in [0.29, 0.717) is 12.1 Å². The fraction of sp³-hybridized carbons (Fsp3) is 0.250. The largest absolute Gasteiger partial charge is 0.307 e. The molecule has 0 aliphatic rings. The fourth-order valence-electron chi connectivity index (χ4n) is 1.58. The Kier molecular flexibility index (Phi) is 3.49. The van der Waals surface area contributed by atoms with E-state index >= 15 is 0 Å². The first-order valence-corrected chi connectivity index (χ1v) is 5.29. The molecule has 5 heteroatoms. The molecule has 90 valence electrons. The Morgan fingerprint density at radius 1 is 1.24 bits per heavy atom. The van der Waals surface area contributed by atoms with Gasteiger partial charge in [0, 0.05) is 31.9 Å². The molecule has 0 saturated carbocycles. The molecule has 0 amide bonds. The van der Waals surface area contributed by atoms with Crippen LogP contribution in [0.1, 0.15) is 11.3 Å². The molecule has 0 aliphatic heterocycles. The lowest BCUT2D eigenvalue weighted by molar-refractivity contribution is 0.491. The van der Waals surface area contributed by atoms with Gasteiger partial charge in [-0.05, 0) is 12.1 Å². The molecule has 0 bridgehead atoms. The van der Waals surface area contributed by atoms with E-state index in [1.165, 1.54) is 6.07 Å². The number of hydrogen-bond donors (Lipinski definition) is 1. The average Bonchev–Trinajstić information content (AvgIpc) is 2.71. The molecule has 2 aromatic rings. The molecule has 1 aromatic heterocycles. The normalized spacial score (nSPS) is 10.8. The summed E-state index contributed by atoms with van der Waals surface area (Å²) < 4.78 is 28.0. The van der Waals surface area contributed by atoms with Crippen LogP contribution in [0.25, 0.3) is 0 Å². The van der Waals surface area contributed by atoms with Crippen LogP contribution in [0.2, 0.25) is 0 Å². The lowest BCUT2D eigenvalue weighted by atomic mass is 10.2. The highest BCUT2D eigenvalue weighted by Gasteiger charge is 2.07. The van der Waals surface area contributed by atoms with Crippen LogP contribution in [0.3, 0.4) is 0 Å². The highest BCUT2D eigenvalue weighted by molar-refractivity contribution is 5.18. The van der Waals surface area contributed by atoms with Crippen molar-refractivity contribution in [3.63, 3.8) is 0 Å². The van der Waals surface area contributed by atoms with Gasteiger partial charge in [-0.2, -0.15) is 5.10 Å². The molecule has 2 rings (SSSR count). The Morgan fingerprint density at radius 2 is 2.06 bits per heavy atom. The lowest BCUT2D eigenvalue weighted by Crippen LogP contribution is -2.16. The van der Waals surface area contributed by atoms with Crippen molar-refractivity contribution >= 4 is 0 Å². The SMILES string of the molecule is Cn1nccc1CNCc1cccc(F)c1F. The van der Waals surface area contributed by atoms with Crippen LogP contribution in [-0.2, 0) is 20.1 Å². The van der Waals surface area contributed by atoms with Crippen molar-refractivity contribution in [3.8, 4) is 0 Å². The minimum Gasteiger partial charge on any atom is -0.307 e. The Morgan fingerprint density at radius 3 is 2.76 bits per heavy atom. The second kappa shape index (κ2) is 5.05. The minimum atomic E-state index is -0.815. The van der Waals surface area contributed by atoms with Gasteiger partial charge in [0.2, 0.25) is 0 Å². The average molecular weight is 237 g/mol. The lowest BCUT2D eigenvalue weighted by Gasteiger charge is -2.06. The summed E-state index contributed by atoms with van der Waals surface area (Å²) >= 11 is 0. The van der Waals surface area contributed by atoms with Crippen LogP contribution in [0.4, 0.5) is 8.78 Å². The third kappa shape index (κ3) is 2.68. The fourth-order valence-corrected chi connectivity index (χ4v) is 1.58.